The van der Waals surface area contributed by atoms with Gasteiger partial charge in [-0.05, 0) is 40.0 Å². The van der Waals surface area contributed by atoms with E-state index in [9.17, 15) is 19.5 Å². The van der Waals surface area contributed by atoms with E-state index < -0.39 is 11.7 Å². The molecule has 0 aromatic carbocycles. The summed E-state index contributed by atoms with van der Waals surface area (Å²) in [6, 6.07) is 0.308. The van der Waals surface area contributed by atoms with Gasteiger partial charge in [0.1, 0.15) is 5.60 Å². The molecule has 252 valence electrons. The molecule has 0 spiro atoms. The van der Waals surface area contributed by atoms with E-state index in [-0.39, 0.29) is 35.5 Å². The van der Waals surface area contributed by atoms with Crippen molar-refractivity contribution < 1.29 is 24.2 Å². The molecule has 0 bridgehead atoms. The minimum Gasteiger partial charge on any atom is -0.465 e. The minimum atomic E-state index is -0.854. The number of nitrogens with zero attached hydrogens (tertiary/aromatic N) is 6. The SMILES string of the molecule is CC(=O)Nc1ncc(CN2CCN(C(=O)O)C(C(C)(C)C)C2C)s1.CC1CN(C(=O)OC(C)(C)C)CCN1Cc1cnc(N)s1. The number of carbonyl (C=O) groups excluding carboxylic acids is 2. The first kappa shape index (κ1) is 36.5. The van der Waals surface area contributed by atoms with Gasteiger partial charge in [-0.25, -0.2) is 19.6 Å². The maximum absolute atomic E-state index is 12.1. The zero-order valence-electron chi connectivity index (χ0n) is 28.0. The van der Waals surface area contributed by atoms with Crippen LogP contribution in [-0.4, -0.2) is 109 Å². The van der Waals surface area contributed by atoms with E-state index in [4.69, 9.17) is 10.5 Å². The topological polar surface area (TPSA) is 157 Å². The Morgan fingerprint density at radius 3 is 2.11 bits per heavy atom. The van der Waals surface area contributed by atoms with E-state index in [0.29, 0.717) is 43.0 Å². The first-order chi connectivity index (χ1) is 20.8. The average molecular weight is 667 g/mol. The fraction of sp³-hybridized carbons (Fsp3) is 0.700. The number of anilines is 2. The molecule has 2 saturated heterocycles. The predicted octanol–water partition coefficient (Wildman–Crippen LogP) is 4.87. The largest absolute Gasteiger partial charge is 0.465 e. The van der Waals surface area contributed by atoms with Crippen molar-refractivity contribution in [1.29, 1.82) is 0 Å². The van der Waals surface area contributed by atoms with Crippen LogP contribution in [0.5, 0.6) is 0 Å². The number of piperazine rings is 2. The van der Waals surface area contributed by atoms with E-state index in [2.05, 4.69) is 59.7 Å². The lowest BCUT2D eigenvalue weighted by molar-refractivity contribution is -0.114. The number of nitrogens with one attached hydrogen (secondary N) is 1. The van der Waals surface area contributed by atoms with Gasteiger partial charge in [0.2, 0.25) is 5.91 Å². The molecule has 0 saturated carbocycles. The number of ether oxygens (including phenoxy) is 1. The highest BCUT2D eigenvalue weighted by molar-refractivity contribution is 7.15. The van der Waals surface area contributed by atoms with Crippen LogP contribution in [0.2, 0.25) is 0 Å². The Morgan fingerprint density at radius 1 is 0.978 bits per heavy atom. The fourth-order valence-corrected chi connectivity index (χ4v) is 7.37. The molecular formula is C30H50N8O5S2. The minimum absolute atomic E-state index is 0.0773. The summed E-state index contributed by atoms with van der Waals surface area (Å²) in [5.74, 6) is -0.132. The summed E-state index contributed by atoms with van der Waals surface area (Å²) in [4.78, 5) is 53.3. The average Bonchev–Trinajstić information content (AvgIpc) is 3.52. The molecule has 0 aliphatic carbocycles. The van der Waals surface area contributed by atoms with Crippen LogP contribution in [0.25, 0.3) is 0 Å². The van der Waals surface area contributed by atoms with Crippen molar-refractivity contribution in [2.75, 3.05) is 43.8 Å². The van der Waals surface area contributed by atoms with Crippen molar-refractivity contribution in [1.82, 2.24) is 29.6 Å². The van der Waals surface area contributed by atoms with Gasteiger partial charge in [0.05, 0.1) is 6.04 Å². The van der Waals surface area contributed by atoms with E-state index in [0.717, 1.165) is 22.8 Å². The van der Waals surface area contributed by atoms with Gasteiger partial charge in [-0.3, -0.25) is 14.6 Å². The second kappa shape index (κ2) is 15.1. The van der Waals surface area contributed by atoms with E-state index in [1.807, 2.05) is 27.0 Å². The maximum atomic E-state index is 12.1. The zero-order chi connectivity index (χ0) is 33.7. The lowest BCUT2D eigenvalue weighted by atomic mass is 9.80. The number of carboxylic acid groups (broad SMARTS) is 1. The molecule has 0 radical (unpaired) electrons. The number of amides is 3. The standard InChI is InChI=1S/C16H26N4O3S.C14H24N4O2S/c1-10-13(16(3,4)5)20(15(22)23)7-6-19(10)9-12-8-17-14(24-12)18-11(2)21;1-10-8-18(13(19)20-14(2,3)4)6-5-17(10)9-11-7-16-12(15)21-11/h8,10,13H,6-7,9H2,1-5H3,(H,22,23)(H,17,18,21);7,10H,5-6,8-9H2,1-4H3,(H2,15,16). The molecule has 13 nitrogen and oxygen atoms in total. The Kier molecular flexibility index (Phi) is 12.2. The molecule has 2 aromatic rings. The van der Waals surface area contributed by atoms with Crippen molar-refractivity contribution in [3.8, 4) is 0 Å². The number of carbonyl (C=O) groups is 3. The Bertz CT molecular complexity index is 1300. The van der Waals surface area contributed by atoms with Crippen LogP contribution in [0.1, 0.15) is 72.1 Å². The molecule has 2 fully saturated rings. The fourth-order valence-electron chi connectivity index (χ4n) is 5.78. The van der Waals surface area contributed by atoms with Gasteiger partial charge >= 0.3 is 12.2 Å². The number of hydrogen-bond acceptors (Lipinski definition) is 11. The molecule has 3 atom stereocenters. The van der Waals surface area contributed by atoms with Crippen LogP contribution in [0.4, 0.5) is 19.9 Å². The molecule has 4 N–H and O–H groups in total. The summed E-state index contributed by atoms with van der Waals surface area (Å²) < 4.78 is 5.43. The molecule has 2 aliphatic rings. The summed E-state index contributed by atoms with van der Waals surface area (Å²) in [7, 11) is 0. The number of nitrogen functional groups attached to an aromatic ring is 1. The van der Waals surface area contributed by atoms with Gasteiger partial charge in [0.25, 0.3) is 0 Å². The third kappa shape index (κ3) is 10.8. The Balaban J connectivity index is 0.000000248. The second-order valence-corrected chi connectivity index (χ2v) is 16.0. The van der Waals surface area contributed by atoms with Crippen LogP contribution in [0, 0.1) is 5.41 Å². The highest BCUT2D eigenvalue weighted by atomic mass is 32.1. The predicted molar refractivity (Wildman–Crippen MR) is 178 cm³/mol. The Morgan fingerprint density at radius 2 is 1.58 bits per heavy atom. The van der Waals surface area contributed by atoms with Crippen LogP contribution < -0.4 is 11.1 Å². The Labute approximate surface area is 274 Å². The van der Waals surface area contributed by atoms with Crippen molar-refractivity contribution in [3.05, 3.63) is 22.1 Å². The molecule has 3 amide bonds. The third-order valence-electron chi connectivity index (χ3n) is 7.67. The van der Waals surface area contributed by atoms with E-state index in [1.165, 1.54) is 29.6 Å². The monoisotopic (exact) mass is 666 g/mol. The van der Waals surface area contributed by atoms with Crippen LogP contribution in [0.3, 0.4) is 0 Å². The van der Waals surface area contributed by atoms with Gasteiger partial charge in [0.15, 0.2) is 10.3 Å². The van der Waals surface area contributed by atoms with Crippen LogP contribution >= 0.6 is 22.7 Å². The number of aromatic nitrogens is 2. The normalized spacial score (nSPS) is 21.6. The molecule has 4 heterocycles. The first-order valence-corrected chi connectivity index (χ1v) is 16.9. The number of thiazole rings is 2. The van der Waals surface area contributed by atoms with E-state index in [1.54, 1.807) is 16.0 Å². The van der Waals surface area contributed by atoms with Crippen molar-refractivity contribution in [2.45, 2.75) is 99.1 Å². The number of rotatable bonds is 5. The highest BCUT2D eigenvalue weighted by Crippen LogP contribution is 2.33. The molecule has 2 aliphatic heterocycles. The lowest BCUT2D eigenvalue weighted by Gasteiger charge is -2.50. The molecule has 4 rings (SSSR count). The van der Waals surface area contributed by atoms with Gasteiger partial charge in [-0.15, -0.1) is 22.7 Å². The van der Waals surface area contributed by atoms with Crippen LogP contribution in [0.15, 0.2) is 12.4 Å². The van der Waals surface area contributed by atoms with Gasteiger partial charge in [0, 0.05) is 87.0 Å². The van der Waals surface area contributed by atoms with Crippen molar-refractivity contribution >= 4 is 51.0 Å². The third-order valence-corrected chi connectivity index (χ3v) is 9.38. The quantitative estimate of drug-likeness (QED) is 0.402. The summed E-state index contributed by atoms with van der Waals surface area (Å²) in [5.41, 5.74) is 5.06. The van der Waals surface area contributed by atoms with Gasteiger partial charge in [-0.2, -0.15) is 0 Å². The smallest absolute Gasteiger partial charge is 0.410 e. The summed E-state index contributed by atoms with van der Waals surface area (Å²) >= 11 is 2.98. The molecule has 2 aromatic heterocycles. The van der Waals surface area contributed by atoms with Gasteiger partial charge < -0.3 is 30.7 Å². The molecule has 45 heavy (non-hydrogen) atoms. The number of hydrogen-bond donors (Lipinski definition) is 3. The number of nitrogens with two attached hydrogens (primary N) is 1. The highest BCUT2D eigenvalue weighted by Gasteiger charge is 2.43. The van der Waals surface area contributed by atoms with Crippen LogP contribution in [-0.2, 0) is 22.6 Å². The summed E-state index contributed by atoms with van der Waals surface area (Å²) in [5, 5.41) is 13.4. The molecular weight excluding hydrogens is 617 g/mol. The lowest BCUT2D eigenvalue weighted by Crippen LogP contribution is -2.63. The van der Waals surface area contributed by atoms with Gasteiger partial charge in [-0.1, -0.05) is 20.8 Å². The molecule has 15 heteroatoms. The zero-order valence-corrected chi connectivity index (χ0v) is 29.6. The first-order valence-electron chi connectivity index (χ1n) is 15.2. The second-order valence-electron chi connectivity index (χ2n) is 13.7. The van der Waals surface area contributed by atoms with Crippen molar-refractivity contribution in [2.24, 2.45) is 5.41 Å². The van der Waals surface area contributed by atoms with Crippen molar-refractivity contribution in [3.63, 3.8) is 0 Å². The maximum Gasteiger partial charge on any atom is 0.410 e. The van der Waals surface area contributed by atoms with E-state index >= 15 is 0 Å². The summed E-state index contributed by atoms with van der Waals surface area (Å²) in [6.07, 6.45) is 2.52. The molecule has 3 unspecified atom stereocenters. The summed E-state index contributed by atoms with van der Waals surface area (Å²) in [6.45, 7) is 22.5. The Hall–Kier alpha value is -3.01.